The molecule has 1 unspecified atom stereocenters. The zero-order chi connectivity index (χ0) is 15.3. The molecule has 110 valence electrons. The van der Waals surface area contributed by atoms with E-state index in [2.05, 4.69) is 59.5 Å². The maximum Gasteiger partial charge on any atom is 0.0955 e. The molecule has 0 fully saturated rings. The van der Waals surface area contributed by atoms with Gasteiger partial charge in [0.05, 0.1) is 17.4 Å². The van der Waals surface area contributed by atoms with Crippen LogP contribution in [0.2, 0.25) is 0 Å². The van der Waals surface area contributed by atoms with Crippen molar-refractivity contribution >= 4 is 16.6 Å². The number of fused-ring (bicyclic) bond motifs is 2. The molecule has 0 aliphatic heterocycles. The summed E-state index contributed by atoms with van der Waals surface area (Å²) in [4.78, 5) is 4.49. The highest BCUT2D eigenvalue weighted by molar-refractivity contribution is 5.81. The molecule has 0 bridgehead atoms. The van der Waals surface area contributed by atoms with Crippen LogP contribution in [0.15, 0.2) is 49.3 Å². The van der Waals surface area contributed by atoms with Gasteiger partial charge in [0.2, 0.25) is 0 Å². The lowest BCUT2D eigenvalue weighted by Gasteiger charge is -2.12. The minimum absolute atomic E-state index is 0.383. The highest BCUT2D eigenvalue weighted by Gasteiger charge is 2.27. The summed E-state index contributed by atoms with van der Waals surface area (Å²) >= 11 is 0. The maximum absolute atomic E-state index is 4.49. The van der Waals surface area contributed by atoms with Crippen LogP contribution in [0.25, 0.3) is 16.6 Å². The van der Waals surface area contributed by atoms with E-state index < -0.39 is 0 Å². The van der Waals surface area contributed by atoms with Crippen LogP contribution in [-0.4, -0.2) is 9.55 Å². The van der Waals surface area contributed by atoms with Crippen molar-refractivity contribution in [2.75, 3.05) is 0 Å². The number of aryl methyl sites for hydroxylation is 2. The van der Waals surface area contributed by atoms with Gasteiger partial charge in [-0.1, -0.05) is 37.8 Å². The molecule has 0 amide bonds. The van der Waals surface area contributed by atoms with Crippen LogP contribution in [0.1, 0.15) is 35.1 Å². The Balaban J connectivity index is 1.75. The number of benzene rings is 2. The standard InChI is InChI=1S/C20H20N2/c1-4-14-5-6-15-10-18(13(2)17(15)9-14)16-7-8-20-19(11-16)21-12-22(20)3/h5-9,11-12,18H,2,4,10H2,1,3H3. The van der Waals surface area contributed by atoms with E-state index in [-0.39, 0.29) is 0 Å². The van der Waals surface area contributed by atoms with Gasteiger partial charge in [-0.25, -0.2) is 4.98 Å². The fourth-order valence-corrected chi connectivity index (χ4v) is 3.54. The first-order valence-electron chi connectivity index (χ1n) is 7.89. The van der Waals surface area contributed by atoms with Crippen molar-refractivity contribution in [2.45, 2.75) is 25.7 Å². The van der Waals surface area contributed by atoms with Gasteiger partial charge in [0.1, 0.15) is 0 Å². The molecule has 0 spiro atoms. The average Bonchev–Trinajstić information content (AvgIpc) is 3.08. The van der Waals surface area contributed by atoms with E-state index in [4.69, 9.17) is 0 Å². The van der Waals surface area contributed by atoms with Crippen molar-refractivity contribution in [1.29, 1.82) is 0 Å². The third-order valence-corrected chi connectivity index (χ3v) is 4.93. The van der Waals surface area contributed by atoms with E-state index in [9.17, 15) is 0 Å². The smallest absolute Gasteiger partial charge is 0.0955 e. The van der Waals surface area contributed by atoms with Gasteiger partial charge < -0.3 is 4.57 Å². The zero-order valence-electron chi connectivity index (χ0n) is 13.1. The third-order valence-electron chi connectivity index (χ3n) is 4.93. The summed E-state index contributed by atoms with van der Waals surface area (Å²) in [6.45, 7) is 6.59. The van der Waals surface area contributed by atoms with Crippen molar-refractivity contribution in [3.63, 3.8) is 0 Å². The SMILES string of the molecule is C=C1c2cc(CC)ccc2CC1c1ccc2c(c1)ncn2C. The second-order valence-electron chi connectivity index (χ2n) is 6.23. The summed E-state index contributed by atoms with van der Waals surface area (Å²) in [7, 11) is 2.03. The first kappa shape index (κ1) is 13.3. The number of aromatic nitrogens is 2. The fourth-order valence-electron chi connectivity index (χ4n) is 3.54. The van der Waals surface area contributed by atoms with Gasteiger partial charge in [-0.2, -0.15) is 0 Å². The minimum Gasteiger partial charge on any atom is -0.334 e. The van der Waals surface area contributed by atoms with Gasteiger partial charge >= 0.3 is 0 Å². The van der Waals surface area contributed by atoms with E-state index in [1.807, 2.05) is 13.4 Å². The quantitative estimate of drug-likeness (QED) is 0.679. The van der Waals surface area contributed by atoms with Gasteiger partial charge in [0, 0.05) is 13.0 Å². The second kappa shape index (κ2) is 4.84. The summed E-state index contributed by atoms with van der Waals surface area (Å²) in [5, 5.41) is 0. The molecule has 1 heterocycles. The molecular weight excluding hydrogens is 268 g/mol. The average molecular weight is 288 g/mol. The lowest BCUT2D eigenvalue weighted by atomic mass is 9.92. The van der Waals surface area contributed by atoms with Gasteiger partial charge in [0.15, 0.2) is 0 Å². The molecule has 1 aromatic heterocycles. The Labute approximate surface area is 131 Å². The van der Waals surface area contributed by atoms with E-state index in [1.165, 1.54) is 33.3 Å². The Morgan fingerprint density at radius 1 is 1.23 bits per heavy atom. The number of hydrogen-bond donors (Lipinski definition) is 0. The van der Waals surface area contributed by atoms with E-state index in [1.54, 1.807) is 0 Å². The summed E-state index contributed by atoms with van der Waals surface area (Å²) in [6.07, 6.45) is 4.00. The van der Waals surface area contributed by atoms with Crippen LogP contribution in [0.3, 0.4) is 0 Å². The van der Waals surface area contributed by atoms with Gasteiger partial charge in [-0.3, -0.25) is 0 Å². The van der Waals surface area contributed by atoms with E-state index in [0.29, 0.717) is 5.92 Å². The number of imidazole rings is 1. The molecule has 22 heavy (non-hydrogen) atoms. The molecule has 1 aliphatic rings. The maximum atomic E-state index is 4.49. The molecular formula is C20H20N2. The van der Waals surface area contributed by atoms with Crippen molar-refractivity contribution in [3.05, 3.63) is 71.6 Å². The van der Waals surface area contributed by atoms with E-state index >= 15 is 0 Å². The molecule has 1 aliphatic carbocycles. The van der Waals surface area contributed by atoms with Gasteiger partial charge in [-0.05, 0) is 52.8 Å². The molecule has 2 heteroatoms. The summed E-state index contributed by atoms with van der Waals surface area (Å²) < 4.78 is 2.06. The second-order valence-corrected chi connectivity index (χ2v) is 6.23. The van der Waals surface area contributed by atoms with Gasteiger partial charge in [0.25, 0.3) is 0 Å². The Kier molecular flexibility index (Phi) is 2.93. The molecule has 0 saturated carbocycles. The number of rotatable bonds is 2. The molecule has 0 N–H and O–H groups in total. The molecule has 2 aromatic carbocycles. The predicted molar refractivity (Wildman–Crippen MR) is 92.0 cm³/mol. The lowest BCUT2D eigenvalue weighted by Crippen LogP contribution is -1.97. The first-order valence-corrected chi connectivity index (χ1v) is 7.89. The number of allylic oxidation sites excluding steroid dienone is 1. The third kappa shape index (κ3) is 1.91. The summed E-state index contributed by atoms with van der Waals surface area (Å²) in [6, 6.07) is 13.5. The van der Waals surface area contributed by atoms with Crippen LogP contribution >= 0.6 is 0 Å². The highest BCUT2D eigenvalue weighted by atomic mass is 15.0. The van der Waals surface area contributed by atoms with Crippen LogP contribution < -0.4 is 0 Å². The van der Waals surface area contributed by atoms with Crippen molar-refractivity contribution in [2.24, 2.45) is 7.05 Å². The Hall–Kier alpha value is -2.35. The number of nitrogens with zero attached hydrogens (tertiary/aromatic N) is 2. The van der Waals surface area contributed by atoms with Crippen molar-refractivity contribution < 1.29 is 0 Å². The monoisotopic (exact) mass is 288 g/mol. The van der Waals surface area contributed by atoms with Crippen molar-refractivity contribution in [1.82, 2.24) is 9.55 Å². The highest BCUT2D eigenvalue weighted by Crippen LogP contribution is 2.43. The van der Waals surface area contributed by atoms with E-state index in [0.717, 1.165) is 18.4 Å². The molecule has 0 saturated heterocycles. The summed E-state index contributed by atoms with van der Waals surface area (Å²) in [5.74, 6) is 0.383. The fraction of sp³-hybridized carbons (Fsp3) is 0.250. The number of hydrogen-bond acceptors (Lipinski definition) is 1. The Morgan fingerprint density at radius 2 is 2.09 bits per heavy atom. The van der Waals surface area contributed by atoms with Crippen molar-refractivity contribution in [3.8, 4) is 0 Å². The molecule has 1 atom stereocenters. The Morgan fingerprint density at radius 3 is 2.91 bits per heavy atom. The summed E-state index contributed by atoms with van der Waals surface area (Å²) in [5.41, 5.74) is 8.99. The van der Waals surface area contributed by atoms with Crippen LogP contribution in [0.5, 0.6) is 0 Å². The molecule has 2 nitrogen and oxygen atoms in total. The zero-order valence-corrected chi connectivity index (χ0v) is 13.1. The van der Waals surface area contributed by atoms with Crippen LogP contribution in [0.4, 0.5) is 0 Å². The normalized spacial score (nSPS) is 17.2. The minimum atomic E-state index is 0.383. The Bertz CT molecular complexity index is 886. The van der Waals surface area contributed by atoms with Crippen LogP contribution in [-0.2, 0) is 19.9 Å². The lowest BCUT2D eigenvalue weighted by molar-refractivity contribution is 0.900. The molecule has 3 aromatic rings. The predicted octanol–water partition coefficient (Wildman–Crippen LogP) is 4.49. The molecule has 4 rings (SSSR count). The van der Waals surface area contributed by atoms with Gasteiger partial charge in [-0.15, -0.1) is 0 Å². The van der Waals surface area contributed by atoms with Crippen LogP contribution in [0, 0.1) is 0 Å². The first-order chi connectivity index (χ1) is 10.7. The molecule has 0 radical (unpaired) electrons. The topological polar surface area (TPSA) is 17.8 Å². The largest absolute Gasteiger partial charge is 0.334 e.